The van der Waals surface area contributed by atoms with E-state index in [4.69, 9.17) is 11.6 Å². The zero-order valence-corrected chi connectivity index (χ0v) is 25.6. The van der Waals surface area contributed by atoms with Crippen molar-refractivity contribution in [1.82, 2.24) is 14.5 Å². The van der Waals surface area contributed by atoms with E-state index in [-0.39, 0.29) is 29.8 Å². The second-order valence-corrected chi connectivity index (χ2v) is 12.9. The molecule has 0 spiro atoms. The maximum Gasteiger partial charge on any atom is 0.243 e. The van der Waals surface area contributed by atoms with E-state index < -0.39 is 28.5 Å². The van der Waals surface area contributed by atoms with Gasteiger partial charge in [0.05, 0.1) is 11.4 Å². The van der Waals surface area contributed by atoms with Gasteiger partial charge in [0.15, 0.2) is 0 Å². The molecular weight excluding hydrogens is 570 g/mol. The minimum atomic E-state index is -4.01. The van der Waals surface area contributed by atoms with Crippen LogP contribution in [0.25, 0.3) is 10.8 Å². The number of rotatable bonds is 12. The Hall–Kier alpha value is -3.72. The maximum atomic E-state index is 14.0. The van der Waals surface area contributed by atoms with E-state index in [1.54, 1.807) is 30.3 Å². The lowest BCUT2D eigenvalue weighted by Crippen LogP contribution is -2.54. The summed E-state index contributed by atoms with van der Waals surface area (Å²) in [5, 5.41) is 5.16. The van der Waals surface area contributed by atoms with Crippen molar-refractivity contribution in [2.45, 2.75) is 50.2 Å². The Kier molecular flexibility index (Phi) is 10.4. The topological polar surface area (TPSA) is 86.8 Å². The Morgan fingerprint density at radius 3 is 2.21 bits per heavy atom. The van der Waals surface area contributed by atoms with Crippen LogP contribution in [0.4, 0.5) is 0 Å². The zero-order valence-electron chi connectivity index (χ0n) is 24.0. The van der Waals surface area contributed by atoms with Crippen LogP contribution in [0.1, 0.15) is 31.4 Å². The fourth-order valence-electron chi connectivity index (χ4n) is 4.68. The first-order valence-corrected chi connectivity index (χ1v) is 15.7. The molecule has 0 aliphatic carbocycles. The largest absolute Gasteiger partial charge is 0.352 e. The third kappa shape index (κ3) is 7.56. The van der Waals surface area contributed by atoms with Gasteiger partial charge in [-0.15, -0.1) is 0 Å². The molecule has 0 aliphatic heterocycles. The third-order valence-electron chi connectivity index (χ3n) is 7.36. The minimum absolute atomic E-state index is 0.0355. The van der Waals surface area contributed by atoms with Gasteiger partial charge in [0.1, 0.15) is 6.04 Å². The monoisotopic (exact) mass is 605 g/mol. The summed E-state index contributed by atoms with van der Waals surface area (Å²) in [5.74, 6) is -0.823. The molecule has 7 nitrogen and oxygen atoms in total. The molecule has 42 heavy (non-hydrogen) atoms. The van der Waals surface area contributed by atoms with Gasteiger partial charge >= 0.3 is 0 Å². The molecule has 220 valence electrons. The summed E-state index contributed by atoms with van der Waals surface area (Å²) in [6.45, 7) is 3.45. The number of likely N-dealkylation sites (N-methyl/N-ethyl adjacent to an activating group) is 1. The molecule has 2 atom stereocenters. The first kappa shape index (κ1) is 31.2. The van der Waals surface area contributed by atoms with E-state index in [0.29, 0.717) is 10.6 Å². The molecule has 4 aromatic rings. The van der Waals surface area contributed by atoms with Gasteiger partial charge in [-0.25, -0.2) is 8.42 Å². The normalized spacial score (nSPS) is 13.1. The quantitative estimate of drug-likeness (QED) is 0.225. The number of hydrogen-bond donors (Lipinski definition) is 1. The highest BCUT2D eigenvalue weighted by Crippen LogP contribution is 2.24. The molecule has 0 aromatic heterocycles. The Morgan fingerprint density at radius 1 is 0.881 bits per heavy atom. The number of nitrogens with one attached hydrogen (secondary N) is 1. The van der Waals surface area contributed by atoms with Gasteiger partial charge in [0, 0.05) is 31.1 Å². The molecule has 2 unspecified atom stereocenters. The van der Waals surface area contributed by atoms with Gasteiger partial charge in [0.2, 0.25) is 21.8 Å². The van der Waals surface area contributed by atoms with Crippen LogP contribution in [0.15, 0.2) is 102 Å². The highest BCUT2D eigenvalue weighted by Gasteiger charge is 2.33. The van der Waals surface area contributed by atoms with Crippen molar-refractivity contribution >= 4 is 44.2 Å². The standard InChI is InChI=1S/C33H36ClN3O4S/c1-4-24(2)35-33(39)31(20-25-12-6-5-7-13-25)37(22-28-16-10-11-17-30(28)34)32(38)23-36(3)42(40,41)29-19-18-26-14-8-9-15-27(26)21-29/h5-19,21,24,31H,4,20,22-23H2,1-3H3,(H,35,39). The maximum absolute atomic E-state index is 14.0. The molecular formula is C33H36ClN3O4S. The Balaban J connectivity index is 1.68. The summed E-state index contributed by atoms with van der Waals surface area (Å²) in [7, 11) is -2.63. The number of nitrogens with zero attached hydrogens (tertiary/aromatic N) is 2. The predicted molar refractivity (Wildman–Crippen MR) is 168 cm³/mol. The van der Waals surface area contributed by atoms with Gasteiger partial charge in [-0.3, -0.25) is 9.59 Å². The Labute approximate surface area is 253 Å². The molecule has 0 saturated heterocycles. The molecule has 0 radical (unpaired) electrons. The summed E-state index contributed by atoms with van der Waals surface area (Å²) in [6, 6.07) is 27.9. The smallest absolute Gasteiger partial charge is 0.243 e. The van der Waals surface area contributed by atoms with Crippen molar-refractivity contribution in [3.05, 3.63) is 113 Å². The van der Waals surface area contributed by atoms with Crippen molar-refractivity contribution in [1.29, 1.82) is 0 Å². The SMILES string of the molecule is CCC(C)NC(=O)C(Cc1ccccc1)N(Cc1ccccc1Cl)C(=O)CN(C)S(=O)(=O)c1ccc2ccccc2c1. The fraction of sp³-hybridized carbons (Fsp3) is 0.273. The van der Waals surface area contributed by atoms with E-state index >= 15 is 0 Å². The van der Waals surface area contributed by atoms with Crippen molar-refractivity contribution < 1.29 is 18.0 Å². The van der Waals surface area contributed by atoms with Gasteiger partial charge in [-0.1, -0.05) is 97.4 Å². The van der Waals surface area contributed by atoms with E-state index in [2.05, 4.69) is 5.32 Å². The number of amides is 2. The number of halogens is 1. The van der Waals surface area contributed by atoms with Crippen molar-refractivity contribution in [3.8, 4) is 0 Å². The average molecular weight is 606 g/mol. The summed E-state index contributed by atoms with van der Waals surface area (Å²) >= 11 is 6.49. The molecule has 0 saturated carbocycles. The third-order valence-corrected chi connectivity index (χ3v) is 9.53. The van der Waals surface area contributed by atoms with E-state index in [1.165, 1.54) is 18.0 Å². The number of sulfonamides is 1. The molecule has 0 aliphatic rings. The lowest BCUT2D eigenvalue weighted by atomic mass is 10.0. The summed E-state index contributed by atoms with van der Waals surface area (Å²) in [4.78, 5) is 29.3. The highest BCUT2D eigenvalue weighted by atomic mass is 35.5. The molecule has 0 heterocycles. The van der Waals surface area contributed by atoms with Gasteiger partial charge in [-0.05, 0) is 53.4 Å². The lowest BCUT2D eigenvalue weighted by molar-refractivity contribution is -0.141. The zero-order chi connectivity index (χ0) is 30.3. The van der Waals surface area contributed by atoms with Gasteiger partial charge in [0.25, 0.3) is 0 Å². The Bertz CT molecular complexity index is 1650. The minimum Gasteiger partial charge on any atom is -0.352 e. The first-order valence-electron chi connectivity index (χ1n) is 13.9. The average Bonchev–Trinajstić information content (AvgIpc) is 2.99. The van der Waals surface area contributed by atoms with Crippen LogP contribution >= 0.6 is 11.6 Å². The predicted octanol–water partition coefficient (Wildman–Crippen LogP) is 5.67. The van der Waals surface area contributed by atoms with Gasteiger partial charge in [-0.2, -0.15) is 4.31 Å². The lowest BCUT2D eigenvalue weighted by Gasteiger charge is -2.33. The summed E-state index contributed by atoms with van der Waals surface area (Å²) < 4.78 is 28.2. The van der Waals surface area contributed by atoms with Crippen LogP contribution in [0.3, 0.4) is 0 Å². The molecule has 4 rings (SSSR count). The summed E-state index contributed by atoms with van der Waals surface area (Å²) in [6.07, 6.45) is 0.968. The van der Waals surface area contributed by atoms with E-state index in [0.717, 1.165) is 27.1 Å². The van der Waals surface area contributed by atoms with Crippen LogP contribution in [0.2, 0.25) is 5.02 Å². The molecule has 0 bridgehead atoms. The first-order chi connectivity index (χ1) is 20.1. The Morgan fingerprint density at radius 2 is 1.52 bits per heavy atom. The highest BCUT2D eigenvalue weighted by molar-refractivity contribution is 7.89. The van der Waals surface area contributed by atoms with E-state index in [1.807, 2.05) is 74.5 Å². The van der Waals surface area contributed by atoms with Crippen LogP contribution in [-0.2, 0) is 32.6 Å². The summed E-state index contributed by atoms with van der Waals surface area (Å²) in [5.41, 5.74) is 1.53. The number of benzene rings is 4. The van der Waals surface area contributed by atoms with E-state index in [9.17, 15) is 18.0 Å². The van der Waals surface area contributed by atoms with Crippen LogP contribution < -0.4 is 5.32 Å². The fourth-order valence-corrected chi connectivity index (χ4v) is 6.03. The number of fused-ring (bicyclic) bond motifs is 1. The van der Waals surface area contributed by atoms with Crippen LogP contribution in [0.5, 0.6) is 0 Å². The number of carbonyl (C=O) groups is 2. The van der Waals surface area contributed by atoms with Crippen LogP contribution in [-0.4, -0.2) is 55.1 Å². The van der Waals surface area contributed by atoms with Crippen molar-refractivity contribution in [2.75, 3.05) is 13.6 Å². The number of hydrogen-bond acceptors (Lipinski definition) is 4. The second kappa shape index (κ2) is 14.0. The van der Waals surface area contributed by atoms with Crippen LogP contribution in [0, 0.1) is 0 Å². The molecule has 2 amide bonds. The number of carbonyl (C=O) groups excluding carboxylic acids is 2. The molecule has 0 fully saturated rings. The molecule has 4 aromatic carbocycles. The second-order valence-electron chi connectivity index (χ2n) is 10.4. The molecule has 1 N–H and O–H groups in total. The van der Waals surface area contributed by atoms with Crippen molar-refractivity contribution in [3.63, 3.8) is 0 Å². The molecule has 9 heteroatoms. The van der Waals surface area contributed by atoms with Crippen molar-refractivity contribution in [2.24, 2.45) is 0 Å². The van der Waals surface area contributed by atoms with Gasteiger partial charge < -0.3 is 10.2 Å².